The topological polar surface area (TPSA) is 35.5 Å². The number of carbonyl (C=O) groups excluding carboxylic acids is 1. The predicted molar refractivity (Wildman–Crippen MR) is 89.6 cm³/mol. The van der Waals surface area contributed by atoms with Gasteiger partial charge in [0.25, 0.3) is 0 Å². The number of carbonyl (C=O) groups is 1. The highest BCUT2D eigenvalue weighted by atomic mass is 28.4. The van der Waals surface area contributed by atoms with Crippen molar-refractivity contribution in [2.24, 2.45) is 5.41 Å². The summed E-state index contributed by atoms with van der Waals surface area (Å²) < 4.78 is 11.4. The Labute approximate surface area is 131 Å². The molecule has 0 bridgehead atoms. The van der Waals surface area contributed by atoms with Crippen molar-refractivity contribution in [3.63, 3.8) is 0 Å². The molecule has 0 aromatic rings. The molecule has 0 aromatic heterocycles. The van der Waals surface area contributed by atoms with Gasteiger partial charge < -0.3 is 9.16 Å². The van der Waals surface area contributed by atoms with Gasteiger partial charge in [-0.1, -0.05) is 27.7 Å². The molecule has 1 rings (SSSR count). The van der Waals surface area contributed by atoms with E-state index in [0.717, 1.165) is 25.0 Å². The van der Waals surface area contributed by atoms with Crippen molar-refractivity contribution in [2.75, 3.05) is 7.11 Å². The molecule has 0 N–H and O–H groups in total. The van der Waals surface area contributed by atoms with Crippen LogP contribution in [0.5, 0.6) is 0 Å². The van der Waals surface area contributed by atoms with Crippen LogP contribution in [0.25, 0.3) is 0 Å². The first-order valence-corrected chi connectivity index (χ1v) is 10.9. The van der Waals surface area contributed by atoms with E-state index in [-0.39, 0.29) is 16.4 Å². The van der Waals surface area contributed by atoms with E-state index in [9.17, 15) is 4.79 Å². The van der Waals surface area contributed by atoms with Gasteiger partial charge in [-0.3, -0.25) is 4.79 Å². The van der Waals surface area contributed by atoms with E-state index < -0.39 is 8.32 Å². The molecule has 0 spiro atoms. The summed E-state index contributed by atoms with van der Waals surface area (Å²) in [6.45, 7) is 13.6. The van der Waals surface area contributed by atoms with Crippen LogP contribution in [0.15, 0.2) is 11.8 Å². The Morgan fingerprint density at radius 1 is 1.38 bits per heavy atom. The fraction of sp³-hybridized carbons (Fsp3) is 0.824. The van der Waals surface area contributed by atoms with E-state index in [4.69, 9.17) is 9.16 Å². The van der Waals surface area contributed by atoms with Crippen molar-refractivity contribution in [3.8, 4) is 0 Å². The standard InChI is InChI=1S/C17H32O3Si/c1-16(2,3)21(6,7)20-14-10-8-9-12-17(14,4)13-11-15(18)19-5/h10H,8-9,11-13H2,1-7H3. The Morgan fingerprint density at radius 2 is 2.00 bits per heavy atom. The van der Waals surface area contributed by atoms with Gasteiger partial charge in [-0.2, -0.15) is 0 Å². The van der Waals surface area contributed by atoms with Crippen LogP contribution in [-0.2, 0) is 14.0 Å². The van der Waals surface area contributed by atoms with Gasteiger partial charge in [0.1, 0.15) is 0 Å². The van der Waals surface area contributed by atoms with Gasteiger partial charge in [0.15, 0.2) is 0 Å². The maximum atomic E-state index is 11.5. The van der Waals surface area contributed by atoms with Crippen LogP contribution in [0.1, 0.15) is 59.8 Å². The van der Waals surface area contributed by atoms with Crippen LogP contribution in [-0.4, -0.2) is 21.4 Å². The van der Waals surface area contributed by atoms with Crippen LogP contribution < -0.4 is 0 Å². The molecule has 1 aliphatic carbocycles. The number of hydrogen-bond donors (Lipinski definition) is 0. The zero-order chi connectivity index (χ0) is 16.3. The smallest absolute Gasteiger partial charge is 0.305 e. The summed E-state index contributed by atoms with van der Waals surface area (Å²) in [5.74, 6) is 0.984. The lowest BCUT2D eigenvalue weighted by molar-refractivity contribution is -0.141. The van der Waals surface area contributed by atoms with Crippen LogP contribution in [0.2, 0.25) is 18.1 Å². The number of rotatable bonds is 5. The fourth-order valence-electron chi connectivity index (χ4n) is 2.42. The molecule has 0 aromatic carbocycles. The molecule has 0 saturated carbocycles. The third kappa shape index (κ3) is 4.60. The van der Waals surface area contributed by atoms with E-state index >= 15 is 0 Å². The lowest BCUT2D eigenvalue weighted by atomic mass is 9.75. The van der Waals surface area contributed by atoms with E-state index in [1.807, 2.05) is 0 Å². The number of ether oxygens (including phenoxy) is 1. The van der Waals surface area contributed by atoms with Crippen LogP contribution >= 0.6 is 0 Å². The summed E-state index contributed by atoms with van der Waals surface area (Å²) in [6, 6.07) is 0. The maximum Gasteiger partial charge on any atom is 0.305 e. The number of hydrogen-bond acceptors (Lipinski definition) is 3. The van der Waals surface area contributed by atoms with Gasteiger partial charge >= 0.3 is 5.97 Å². The minimum absolute atomic E-state index is 0.0258. The third-order valence-electron chi connectivity index (χ3n) is 5.14. The summed E-state index contributed by atoms with van der Waals surface area (Å²) in [4.78, 5) is 11.5. The second-order valence-electron chi connectivity index (χ2n) is 7.96. The number of esters is 1. The minimum atomic E-state index is -1.83. The summed E-state index contributed by atoms with van der Waals surface area (Å²) in [5, 5.41) is 0.189. The first-order valence-electron chi connectivity index (χ1n) is 7.98. The second kappa shape index (κ2) is 6.55. The lowest BCUT2D eigenvalue weighted by Crippen LogP contribution is -2.43. The molecule has 0 amide bonds. The molecule has 0 aliphatic heterocycles. The second-order valence-corrected chi connectivity index (χ2v) is 12.7. The molecule has 0 heterocycles. The van der Waals surface area contributed by atoms with Gasteiger partial charge in [0.2, 0.25) is 8.32 Å². The summed E-state index contributed by atoms with van der Waals surface area (Å²) in [6.07, 6.45) is 6.86. The summed E-state index contributed by atoms with van der Waals surface area (Å²) in [5.41, 5.74) is -0.0258. The Bertz CT molecular complexity index is 407. The largest absolute Gasteiger partial charge is 0.546 e. The molecule has 21 heavy (non-hydrogen) atoms. The minimum Gasteiger partial charge on any atom is -0.546 e. The van der Waals surface area contributed by atoms with E-state index in [0.29, 0.717) is 6.42 Å². The van der Waals surface area contributed by atoms with Gasteiger partial charge in [-0.25, -0.2) is 0 Å². The molecule has 1 unspecified atom stereocenters. The molecule has 0 fully saturated rings. The van der Waals surface area contributed by atoms with Crippen molar-refractivity contribution in [3.05, 3.63) is 11.8 Å². The van der Waals surface area contributed by atoms with Gasteiger partial charge in [0.05, 0.1) is 12.9 Å². The molecular formula is C17H32O3Si. The Kier molecular flexibility index (Phi) is 5.70. The lowest BCUT2D eigenvalue weighted by Gasteiger charge is -2.43. The highest BCUT2D eigenvalue weighted by molar-refractivity contribution is 6.74. The molecule has 0 saturated heterocycles. The first kappa shape index (κ1) is 18.3. The normalized spacial score (nSPS) is 23.5. The summed E-state index contributed by atoms with van der Waals surface area (Å²) >= 11 is 0. The Hall–Kier alpha value is -0.773. The maximum absolute atomic E-state index is 11.5. The van der Waals surface area contributed by atoms with Crippen molar-refractivity contribution < 1.29 is 14.0 Å². The number of methoxy groups -OCH3 is 1. The highest BCUT2D eigenvalue weighted by Gasteiger charge is 2.43. The van der Waals surface area contributed by atoms with Crippen molar-refractivity contribution in [1.29, 1.82) is 0 Å². The monoisotopic (exact) mass is 312 g/mol. The van der Waals surface area contributed by atoms with Crippen molar-refractivity contribution in [1.82, 2.24) is 0 Å². The molecular weight excluding hydrogens is 280 g/mol. The Balaban J connectivity index is 2.87. The number of allylic oxidation sites excluding steroid dienone is 2. The van der Waals surface area contributed by atoms with Gasteiger partial charge in [0, 0.05) is 11.8 Å². The molecule has 122 valence electrons. The average molecular weight is 313 g/mol. The van der Waals surface area contributed by atoms with Crippen molar-refractivity contribution in [2.45, 2.75) is 77.9 Å². The summed E-state index contributed by atoms with van der Waals surface area (Å²) in [7, 11) is -0.377. The SMILES string of the molecule is COC(=O)CCC1(C)CCCC=C1O[Si](C)(C)C(C)(C)C. The van der Waals surface area contributed by atoms with Crippen molar-refractivity contribution >= 4 is 14.3 Å². The third-order valence-corrected chi connectivity index (χ3v) is 9.48. The van der Waals surface area contributed by atoms with Crippen LogP contribution in [0.3, 0.4) is 0 Å². The molecule has 0 radical (unpaired) electrons. The highest BCUT2D eigenvalue weighted by Crippen LogP contribution is 2.46. The molecule has 1 aliphatic rings. The molecule has 1 atom stereocenters. The van der Waals surface area contributed by atoms with Crippen LogP contribution in [0, 0.1) is 5.41 Å². The first-order chi connectivity index (χ1) is 9.52. The van der Waals surface area contributed by atoms with Crippen LogP contribution in [0.4, 0.5) is 0 Å². The quantitative estimate of drug-likeness (QED) is 0.527. The zero-order valence-electron chi connectivity index (χ0n) is 14.8. The fourth-order valence-corrected chi connectivity index (χ4v) is 3.60. The van der Waals surface area contributed by atoms with E-state index in [1.165, 1.54) is 13.5 Å². The molecule has 4 heteroatoms. The zero-order valence-corrected chi connectivity index (χ0v) is 15.8. The van der Waals surface area contributed by atoms with E-state index in [2.05, 4.69) is 46.9 Å². The Morgan fingerprint density at radius 3 is 2.52 bits per heavy atom. The van der Waals surface area contributed by atoms with Gasteiger partial charge in [-0.05, 0) is 49.9 Å². The van der Waals surface area contributed by atoms with E-state index in [1.54, 1.807) is 0 Å². The predicted octanol–water partition coefficient (Wildman–Crippen LogP) is 5.04. The average Bonchev–Trinajstić information content (AvgIpc) is 2.37. The van der Waals surface area contributed by atoms with Gasteiger partial charge in [-0.15, -0.1) is 0 Å². The molecule has 3 nitrogen and oxygen atoms in total.